The van der Waals surface area contributed by atoms with E-state index < -0.39 is 0 Å². The van der Waals surface area contributed by atoms with Crippen LogP contribution < -0.4 is 5.32 Å². The van der Waals surface area contributed by atoms with Crippen LogP contribution in [0.5, 0.6) is 0 Å². The molecule has 2 rings (SSSR count). The number of nitrogens with zero attached hydrogens (tertiary/aromatic N) is 2. The number of benzene rings is 1. The third-order valence-corrected chi connectivity index (χ3v) is 3.96. The second-order valence-electron chi connectivity index (χ2n) is 6.02. The van der Waals surface area contributed by atoms with Gasteiger partial charge in [-0.25, -0.2) is 4.39 Å². The molecule has 142 valence electrons. The molecule has 1 aromatic rings. The highest BCUT2D eigenvalue weighted by molar-refractivity contribution is 14.0. The molecular formula is C18H29FIN3O2. The summed E-state index contributed by atoms with van der Waals surface area (Å²) in [5.74, 6) is 0.575. The van der Waals surface area contributed by atoms with Crippen LogP contribution in [-0.4, -0.2) is 57.4 Å². The lowest BCUT2D eigenvalue weighted by molar-refractivity contribution is 0.0168. The average molecular weight is 465 g/mol. The van der Waals surface area contributed by atoms with Crippen LogP contribution >= 0.6 is 24.0 Å². The maximum absolute atomic E-state index is 13.2. The van der Waals surface area contributed by atoms with E-state index in [1.807, 2.05) is 18.0 Å². The molecule has 1 N–H and O–H groups in total. The lowest BCUT2D eigenvalue weighted by atomic mass is 10.2. The van der Waals surface area contributed by atoms with Crippen molar-refractivity contribution in [2.45, 2.75) is 31.9 Å². The molecule has 25 heavy (non-hydrogen) atoms. The van der Waals surface area contributed by atoms with E-state index in [1.165, 1.54) is 6.07 Å². The third-order valence-electron chi connectivity index (χ3n) is 3.96. The lowest BCUT2D eigenvalue weighted by Gasteiger charge is -2.22. The van der Waals surface area contributed by atoms with Gasteiger partial charge in [0.05, 0.1) is 12.7 Å². The van der Waals surface area contributed by atoms with E-state index >= 15 is 0 Å². The van der Waals surface area contributed by atoms with Gasteiger partial charge >= 0.3 is 0 Å². The number of halogens is 2. The normalized spacial score (nSPS) is 17.2. The van der Waals surface area contributed by atoms with Crippen LogP contribution in [0.2, 0.25) is 0 Å². The highest BCUT2D eigenvalue weighted by Crippen LogP contribution is 2.11. The molecule has 1 aliphatic rings. The SMILES string of the molecule is CN=C(NCCCOCC1CCCO1)N(C)Cc1cccc(F)c1.I. The largest absolute Gasteiger partial charge is 0.379 e. The zero-order valence-electron chi connectivity index (χ0n) is 15.0. The van der Waals surface area contributed by atoms with Crippen LogP contribution in [-0.2, 0) is 16.0 Å². The molecule has 0 bridgehead atoms. The van der Waals surface area contributed by atoms with E-state index in [9.17, 15) is 4.39 Å². The van der Waals surface area contributed by atoms with Crippen molar-refractivity contribution in [3.8, 4) is 0 Å². The van der Waals surface area contributed by atoms with E-state index in [0.717, 1.165) is 43.9 Å². The number of hydrogen-bond donors (Lipinski definition) is 1. The minimum atomic E-state index is -0.216. The second-order valence-corrected chi connectivity index (χ2v) is 6.02. The number of guanidine groups is 1. The molecule has 0 saturated carbocycles. The molecule has 1 heterocycles. The van der Waals surface area contributed by atoms with Gasteiger partial charge in [-0.1, -0.05) is 12.1 Å². The van der Waals surface area contributed by atoms with Gasteiger partial charge in [-0.2, -0.15) is 0 Å². The van der Waals surface area contributed by atoms with Crippen molar-refractivity contribution >= 4 is 29.9 Å². The summed E-state index contributed by atoms with van der Waals surface area (Å²) < 4.78 is 24.4. The van der Waals surface area contributed by atoms with Gasteiger partial charge < -0.3 is 19.7 Å². The van der Waals surface area contributed by atoms with E-state index in [4.69, 9.17) is 9.47 Å². The number of hydrogen-bond acceptors (Lipinski definition) is 3. The lowest BCUT2D eigenvalue weighted by Crippen LogP contribution is -2.39. The van der Waals surface area contributed by atoms with Crippen molar-refractivity contribution in [2.75, 3.05) is 40.5 Å². The Morgan fingerprint density at radius 1 is 1.48 bits per heavy atom. The van der Waals surface area contributed by atoms with Crippen LogP contribution in [0.1, 0.15) is 24.8 Å². The minimum Gasteiger partial charge on any atom is -0.379 e. The Hall–Kier alpha value is -0.930. The number of ether oxygens (including phenoxy) is 2. The van der Waals surface area contributed by atoms with Gasteiger partial charge in [0, 0.05) is 40.4 Å². The van der Waals surface area contributed by atoms with Crippen molar-refractivity contribution < 1.29 is 13.9 Å². The smallest absolute Gasteiger partial charge is 0.193 e. The summed E-state index contributed by atoms with van der Waals surface area (Å²) in [6, 6.07) is 6.63. The summed E-state index contributed by atoms with van der Waals surface area (Å²) in [5, 5.41) is 3.30. The molecule has 0 aliphatic carbocycles. The Balaban J connectivity index is 0.00000312. The van der Waals surface area contributed by atoms with Crippen molar-refractivity contribution in [2.24, 2.45) is 4.99 Å². The first-order valence-electron chi connectivity index (χ1n) is 8.54. The van der Waals surface area contributed by atoms with Gasteiger partial charge in [-0.15, -0.1) is 24.0 Å². The first-order valence-corrected chi connectivity index (χ1v) is 8.54. The maximum atomic E-state index is 13.2. The fourth-order valence-corrected chi connectivity index (χ4v) is 2.73. The summed E-state index contributed by atoms with van der Waals surface area (Å²) in [6.07, 6.45) is 3.43. The highest BCUT2D eigenvalue weighted by Gasteiger charge is 2.15. The van der Waals surface area contributed by atoms with Crippen LogP contribution in [0.4, 0.5) is 4.39 Å². The molecule has 0 radical (unpaired) electrons. The Labute approximate surface area is 167 Å². The Morgan fingerprint density at radius 3 is 3.00 bits per heavy atom. The standard InChI is InChI=1S/C18H28FN3O2.HI/c1-20-18(22(2)13-15-6-3-7-16(19)12-15)21-9-5-10-23-14-17-8-4-11-24-17;/h3,6-7,12,17H,4-5,8-11,13-14H2,1-2H3,(H,20,21);1H. The minimum absolute atomic E-state index is 0. The maximum Gasteiger partial charge on any atom is 0.193 e. The van der Waals surface area contributed by atoms with Gasteiger partial charge in [0.2, 0.25) is 0 Å². The predicted molar refractivity (Wildman–Crippen MR) is 109 cm³/mol. The van der Waals surface area contributed by atoms with E-state index in [2.05, 4.69) is 10.3 Å². The van der Waals surface area contributed by atoms with Crippen molar-refractivity contribution in [1.29, 1.82) is 0 Å². The van der Waals surface area contributed by atoms with Crippen molar-refractivity contribution in [1.82, 2.24) is 10.2 Å². The van der Waals surface area contributed by atoms with Gasteiger partial charge in [0.25, 0.3) is 0 Å². The third kappa shape index (κ3) is 8.33. The molecule has 1 saturated heterocycles. The second kappa shape index (κ2) is 12.4. The summed E-state index contributed by atoms with van der Waals surface area (Å²) in [4.78, 5) is 6.24. The van der Waals surface area contributed by atoms with E-state index in [-0.39, 0.29) is 35.9 Å². The Bertz CT molecular complexity index is 525. The van der Waals surface area contributed by atoms with Crippen LogP contribution in [0, 0.1) is 5.82 Å². The first-order chi connectivity index (χ1) is 11.7. The molecule has 0 spiro atoms. The summed E-state index contributed by atoms with van der Waals surface area (Å²) >= 11 is 0. The average Bonchev–Trinajstić information content (AvgIpc) is 3.07. The van der Waals surface area contributed by atoms with E-state index in [0.29, 0.717) is 19.8 Å². The molecular weight excluding hydrogens is 436 g/mol. The zero-order valence-corrected chi connectivity index (χ0v) is 17.4. The fraction of sp³-hybridized carbons (Fsp3) is 0.611. The molecule has 0 aromatic heterocycles. The monoisotopic (exact) mass is 465 g/mol. The number of rotatable bonds is 8. The molecule has 1 aliphatic heterocycles. The summed E-state index contributed by atoms with van der Waals surface area (Å²) in [7, 11) is 3.69. The topological polar surface area (TPSA) is 46.1 Å². The van der Waals surface area contributed by atoms with Gasteiger partial charge in [0.15, 0.2) is 5.96 Å². The highest BCUT2D eigenvalue weighted by atomic mass is 127. The Morgan fingerprint density at radius 2 is 2.32 bits per heavy atom. The fourth-order valence-electron chi connectivity index (χ4n) is 2.73. The molecule has 1 unspecified atom stereocenters. The van der Waals surface area contributed by atoms with Gasteiger partial charge in [-0.3, -0.25) is 4.99 Å². The van der Waals surface area contributed by atoms with Crippen LogP contribution in [0.15, 0.2) is 29.3 Å². The molecule has 7 heteroatoms. The zero-order chi connectivity index (χ0) is 17.2. The summed E-state index contributed by atoms with van der Waals surface area (Å²) in [6.45, 7) is 3.65. The number of aliphatic imine (C=N–C) groups is 1. The molecule has 1 fully saturated rings. The van der Waals surface area contributed by atoms with Crippen LogP contribution in [0.3, 0.4) is 0 Å². The predicted octanol–water partition coefficient (Wildman–Crippen LogP) is 3.04. The summed E-state index contributed by atoms with van der Waals surface area (Å²) in [5.41, 5.74) is 0.917. The van der Waals surface area contributed by atoms with Crippen LogP contribution in [0.25, 0.3) is 0 Å². The first kappa shape index (κ1) is 22.1. The Kier molecular flexibility index (Phi) is 11.0. The number of nitrogens with one attached hydrogen (secondary N) is 1. The van der Waals surface area contributed by atoms with Crippen molar-refractivity contribution in [3.63, 3.8) is 0 Å². The van der Waals surface area contributed by atoms with Gasteiger partial charge in [-0.05, 0) is 37.0 Å². The van der Waals surface area contributed by atoms with Gasteiger partial charge in [0.1, 0.15) is 5.82 Å². The molecule has 1 aromatic carbocycles. The van der Waals surface area contributed by atoms with E-state index in [1.54, 1.807) is 19.2 Å². The van der Waals surface area contributed by atoms with Crippen molar-refractivity contribution in [3.05, 3.63) is 35.6 Å². The molecule has 0 amide bonds. The quantitative estimate of drug-likeness (QED) is 0.278. The molecule has 5 nitrogen and oxygen atoms in total. The molecule has 1 atom stereocenters.